The molecule has 152 valence electrons. The van der Waals surface area contributed by atoms with Crippen LogP contribution in [0.25, 0.3) is 43.8 Å². The Morgan fingerprint density at radius 3 is 1.97 bits per heavy atom. The topological polar surface area (TPSA) is 31.2 Å². The lowest BCUT2D eigenvalue weighted by molar-refractivity contribution is -0.111. The molecule has 0 saturated carbocycles. The predicted molar refractivity (Wildman–Crippen MR) is 129 cm³/mol. The van der Waals surface area contributed by atoms with Crippen LogP contribution in [0.2, 0.25) is 0 Å². The van der Waals surface area contributed by atoms with E-state index in [1.54, 1.807) is 14.0 Å². The molecule has 0 saturated heterocycles. The second-order valence-electron chi connectivity index (χ2n) is 7.81. The van der Waals surface area contributed by atoms with Crippen LogP contribution in [-0.4, -0.2) is 17.5 Å². The second kappa shape index (κ2) is 7.44. The first kappa shape index (κ1) is 19.1. The molecule has 5 aromatic rings. The molecule has 3 heteroatoms. The average Bonchev–Trinajstić information content (AvgIpc) is 3.13. The molecule has 0 fully saturated rings. The molecule has 0 N–H and O–H groups in total. The molecule has 4 aromatic carbocycles. The lowest BCUT2D eigenvalue weighted by Gasteiger charge is -2.12. The highest BCUT2D eigenvalue weighted by Crippen LogP contribution is 2.33. The number of para-hydroxylation sites is 2. The van der Waals surface area contributed by atoms with Crippen molar-refractivity contribution in [3.8, 4) is 5.69 Å². The predicted octanol–water partition coefficient (Wildman–Crippen LogP) is 6.90. The summed E-state index contributed by atoms with van der Waals surface area (Å²) in [5.74, 6) is 0.627. The van der Waals surface area contributed by atoms with Gasteiger partial charge in [0.2, 0.25) is 0 Å². The van der Waals surface area contributed by atoms with Gasteiger partial charge in [0.15, 0.2) is 5.78 Å². The first-order valence-corrected chi connectivity index (χ1v) is 10.4. The molecule has 0 atom stereocenters. The second-order valence-corrected chi connectivity index (χ2v) is 7.81. The number of carbonyl (C=O) groups is 1. The lowest BCUT2D eigenvalue weighted by atomic mass is 9.98. The summed E-state index contributed by atoms with van der Waals surface area (Å²) in [5.41, 5.74) is 4.95. The minimum Gasteiger partial charge on any atom is -0.501 e. The molecule has 0 unspecified atom stereocenters. The summed E-state index contributed by atoms with van der Waals surface area (Å²) in [6.07, 6.45) is 0. The number of ketones is 1. The van der Waals surface area contributed by atoms with Crippen LogP contribution in [0, 0.1) is 0 Å². The molecule has 0 amide bonds. The van der Waals surface area contributed by atoms with Gasteiger partial charge in [0, 0.05) is 16.5 Å². The Labute approximate surface area is 181 Å². The number of hydrogen-bond donors (Lipinski definition) is 0. The van der Waals surface area contributed by atoms with E-state index in [9.17, 15) is 4.79 Å². The Kier molecular flexibility index (Phi) is 4.59. The number of Topliss-reactive ketones (excluding diaryl/α,β-unsaturated/α-hetero) is 1. The van der Waals surface area contributed by atoms with Crippen LogP contribution in [-0.2, 0) is 9.53 Å². The van der Waals surface area contributed by atoms with E-state index < -0.39 is 0 Å². The fraction of sp³-hybridized carbons (Fsp3) is 0.107. The van der Waals surface area contributed by atoms with Gasteiger partial charge in [-0.2, -0.15) is 0 Å². The minimum atomic E-state index is -0.00254. The first-order chi connectivity index (χ1) is 15.1. The Bertz CT molecular complexity index is 1450. The molecule has 0 spiro atoms. The number of ether oxygens (including phenoxy) is 1. The zero-order chi connectivity index (χ0) is 21.5. The van der Waals surface area contributed by atoms with Gasteiger partial charge >= 0.3 is 0 Å². The molecule has 0 bridgehead atoms. The van der Waals surface area contributed by atoms with Gasteiger partial charge in [-0.3, -0.25) is 4.79 Å². The largest absolute Gasteiger partial charge is 0.501 e. The quantitative estimate of drug-likeness (QED) is 0.240. The molecule has 1 heterocycles. The zero-order valence-electron chi connectivity index (χ0n) is 17.8. The van der Waals surface area contributed by atoms with Gasteiger partial charge in [0.05, 0.1) is 23.7 Å². The number of fused-ring (bicyclic) bond motifs is 4. The summed E-state index contributed by atoms with van der Waals surface area (Å²) in [6, 6.07) is 29.6. The normalized spacial score (nSPS) is 12.4. The molecule has 0 aliphatic heterocycles. The number of nitrogens with zero attached hydrogens (tertiary/aromatic N) is 1. The fourth-order valence-corrected chi connectivity index (χ4v) is 4.49. The number of benzene rings is 4. The summed E-state index contributed by atoms with van der Waals surface area (Å²) in [7, 11) is 1.60. The number of methoxy groups -OCH3 is 1. The summed E-state index contributed by atoms with van der Waals surface area (Å²) < 4.78 is 7.68. The average molecular weight is 405 g/mol. The highest BCUT2D eigenvalue weighted by Gasteiger charge is 2.14. The molecular weight excluding hydrogens is 382 g/mol. The van der Waals surface area contributed by atoms with Crippen molar-refractivity contribution < 1.29 is 9.53 Å². The standard InChI is InChI=1S/C28H23NO2/c1-18(30)28(19(2)31-3)21-13-12-20-14-15-23(17-22(20)16-21)29-26-10-6-4-8-24(26)25-9-5-7-11-27(25)29/h4-17H,1-3H3/b28-19+. The van der Waals surface area contributed by atoms with Gasteiger partial charge < -0.3 is 9.30 Å². The fourth-order valence-electron chi connectivity index (χ4n) is 4.49. The number of hydrogen-bond acceptors (Lipinski definition) is 2. The van der Waals surface area contributed by atoms with Gasteiger partial charge in [0.25, 0.3) is 0 Å². The third-order valence-electron chi connectivity index (χ3n) is 5.96. The molecule has 0 aliphatic rings. The summed E-state index contributed by atoms with van der Waals surface area (Å²) in [5, 5.41) is 4.69. The van der Waals surface area contributed by atoms with E-state index in [0.717, 1.165) is 22.0 Å². The van der Waals surface area contributed by atoms with Gasteiger partial charge in [-0.1, -0.05) is 54.6 Å². The van der Waals surface area contributed by atoms with E-state index in [2.05, 4.69) is 83.4 Å². The number of carbonyl (C=O) groups excluding carboxylic acids is 1. The monoisotopic (exact) mass is 405 g/mol. The molecule has 5 rings (SSSR count). The minimum absolute atomic E-state index is 0.00254. The van der Waals surface area contributed by atoms with Crippen molar-refractivity contribution in [2.45, 2.75) is 13.8 Å². The Morgan fingerprint density at radius 2 is 1.35 bits per heavy atom. The maximum Gasteiger partial charge on any atom is 0.163 e. The van der Waals surface area contributed by atoms with Gasteiger partial charge in [-0.15, -0.1) is 0 Å². The Morgan fingerprint density at radius 1 is 0.742 bits per heavy atom. The van der Waals surface area contributed by atoms with E-state index in [1.807, 2.05) is 13.0 Å². The van der Waals surface area contributed by atoms with Crippen LogP contribution in [0.4, 0.5) is 0 Å². The molecule has 0 aliphatic carbocycles. The highest BCUT2D eigenvalue weighted by atomic mass is 16.5. The van der Waals surface area contributed by atoms with Crippen molar-refractivity contribution in [1.82, 2.24) is 4.57 Å². The van der Waals surface area contributed by atoms with Crippen molar-refractivity contribution in [2.24, 2.45) is 0 Å². The van der Waals surface area contributed by atoms with E-state index in [4.69, 9.17) is 4.74 Å². The van der Waals surface area contributed by atoms with E-state index in [1.165, 1.54) is 21.8 Å². The van der Waals surface area contributed by atoms with Crippen molar-refractivity contribution in [2.75, 3.05) is 7.11 Å². The van der Waals surface area contributed by atoms with Crippen LogP contribution in [0.15, 0.2) is 90.7 Å². The van der Waals surface area contributed by atoms with Gasteiger partial charge in [-0.05, 0) is 60.5 Å². The van der Waals surface area contributed by atoms with Crippen molar-refractivity contribution in [3.63, 3.8) is 0 Å². The molecule has 1 aromatic heterocycles. The molecule has 31 heavy (non-hydrogen) atoms. The first-order valence-electron chi connectivity index (χ1n) is 10.4. The van der Waals surface area contributed by atoms with E-state index in [0.29, 0.717) is 11.3 Å². The number of rotatable bonds is 4. The Hall–Kier alpha value is -3.85. The van der Waals surface area contributed by atoms with Crippen LogP contribution < -0.4 is 0 Å². The smallest absolute Gasteiger partial charge is 0.163 e. The van der Waals surface area contributed by atoms with Crippen LogP contribution in [0.5, 0.6) is 0 Å². The third-order valence-corrected chi connectivity index (χ3v) is 5.96. The summed E-state index contributed by atoms with van der Waals surface area (Å²) >= 11 is 0. The van der Waals surface area contributed by atoms with Crippen molar-refractivity contribution in [1.29, 1.82) is 0 Å². The van der Waals surface area contributed by atoms with Crippen LogP contribution in [0.1, 0.15) is 19.4 Å². The SMILES string of the molecule is CO/C(C)=C(\C(C)=O)c1ccc2ccc(-n3c4ccccc4c4ccccc43)cc2c1. The van der Waals surface area contributed by atoms with Gasteiger partial charge in [-0.25, -0.2) is 0 Å². The number of allylic oxidation sites excluding steroid dienone is 2. The maximum atomic E-state index is 12.3. The molecule has 0 radical (unpaired) electrons. The lowest BCUT2D eigenvalue weighted by Crippen LogP contribution is -2.01. The summed E-state index contributed by atoms with van der Waals surface area (Å²) in [6.45, 7) is 3.41. The molecule has 3 nitrogen and oxygen atoms in total. The number of aromatic nitrogens is 1. The van der Waals surface area contributed by atoms with Crippen LogP contribution in [0.3, 0.4) is 0 Å². The molecular formula is C28H23NO2. The Balaban J connectivity index is 1.77. The van der Waals surface area contributed by atoms with Crippen molar-refractivity contribution in [3.05, 3.63) is 96.3 Å². The zero-order valence-corrected chi connectivity index (χ0v) is 17.8. The summed E-state index contributed by atoms with van der Waals surface area (Å²) in [4.78, 5) is 12.3. The highest BCUT2D eigenvalue weighted by molar-refractivity contribution is 6.20. The van der Waals surface area contributed by atoms with Gasteiger partial charge in [0.1, 0.15) is 5.76 Å². The maximum absolute atomic E-state index is 12.3. The van der Waals surface area contributed by atoms with Crippen molar-refractivity contribution >= 4 is 43.9 Å². The van der Waals surface area contributed by atoms with E-state index in [-0.39, 0.29) is 5.78 Å². The third kappa shape index (κ3) is 3.10. The van der Waals surface area contributed by atoms with E-state index >= 15 is 0 Å². The van der Waals surface area contributed by atoms with Crippen LogP contribution >= 0.6 is 0 Å².